The highest BCUT2D eigenvalue weighted by Crippen LogP contribution is 2.23. The summed E-state index contributed by atoms with van der Waals surface area (Å²) < 4.78 is 0. The Labute approximate surface area is 104 Å². The van der Waals surface area contributed by atoms with Gasteiger partial charge in [0.25, 0.3) is 0 Å². The minimum absolute atomic E-state index is 0.0599. The summed E-state index contributed by atoms with van der Waals surface area (Å²) >= 11 is 0. The molecule has 0 bridgehead atoms. The summed E-state index contributed by atoms with van der Waals surface area (Å²) in [6.45, 7) is 0. The molecule has 5 heteroatoms. The zero-order valence-electron chi connectivity index (χ0n) is 9.41. The van der Waals surface area contributed by atoms with Crippen molar-refractivity contribution in [3.05, 3.63) is 48.0 Å². The fourth-order valence-electron chi connectivity index (χ4n) is 1.43. The largest absolute Gasteiger partial charge is 0.508 e. The fourth-order valence-corrected chi connectivity index (χ4v) is 1.43. The highest BCUT2D eigenvalue weighted by atomic mass is 16.3. The molecular weight excluding hydrogens is 232 g/mol. The molecule has 4 N–H and O–H groups in total. The van der Waals surface area contributed by atoms with Crippen LogP contribution in [0.5, 0.6) is 17.2 Å². The van der Waals surface area contributed by atoms with Crippen molar-refractivity contribution >= 4 is 11.9 Å². The van der Waals surface area contributed by atoms with Crippen LogP contribution in [-0.4, -0.2) is 21.5 Å². The molecule has 0 atom stereocenters. The third-order valence-electron chi connectivity index (χ3n) is 2.24. The van der Waals surface area contributed by atoms with Gasteiger partial charge in [-0.15, -0.1) is 0 Å². The van der Waals surface area contributed by atoms with Gasteiger partial charge >= 0.3 is 0 Å². The Morgan fingerprint density at radius 3 is 2.28 bits per heavy atom. The van der Waals surface area contributed by atoms with Gasteiger partial charge in [0.1, 0.15) is 17.2 Å². The van der Waals surface area contributed by atoms with Crippen molar-refractivity contribution in [2.75, 3.05) is 5.43 Å². The lowest BCUT2D eigenvalue weighted by molar-refractivity contribution is 0.451. The van der Waals surface area contributed by atoms with Gasteiger partial charge in [-0.1, -0.05) is 12.1 Å². The number of para-hydroxylation sites is 1. The molecular formula is C13H12N2O3. The molecule has 2 aromatic carbocycles. The quantitative estimate of drug-likeness (QED) is 0.493. The number of hydrogen-bond donors (Lipinski definition) is 4. The summed E-state index contributed by atoms with van der Waals surface area (Å²) in [6, 6.07) is 10.8. The summed E-state index contributed by atoms with van der Waals surface area (Å²) in [7, 11) is 0. The monoisotopic (exact) mass is 244 g/mol. The van der Waals surface area contributed by atoms with Gasteiger partial charge in [-0.25, -0.2) is 0 Å². The molecule has 0 aromatic heterocycles. The van der Waals surface area contributed by atoms with Gasteiger partial charge in [-0.3, -0.25) is 5.43 Å². The van der Waals surface area contributed by atoms with E-state index in [1.807, 2.05) is 0 Å². The van der Waals surface area contributed by atoms with E-state index in [2.05, 4.69) is 10.5 Å². The van der Waals surface area contributed by atoms with Crippen LogP contribution in [0.25, 0.3) is 0 Å². The SMILES string of the molecule is Oc1cc(O)cc(N/N=C/c2ccccc2O)c1. The van der Waals surface area contributed by atoms with Crippen molar-refractivity contribution in [2.24, 2.45) is 5.10 Å². The Morgan fingerprint density at radius 1 is 0.944 bits per heavy atom. The summed E-state index contributed by atoms with van der Waals surface area (Å²) in [5.74, 6) is 0.00678. The first kappa shape index (κ1) is 11.8. The van der Waals surface area contributed by atoms with Crippen LogP contribution in [0.15, 0.2) is 47.6 Å². The van der Waals surface area contributed by atoms with E-state index in [1.165, 1.54) is 24.4 Å². The maximum atomic E-state index is 9.50. The van der Waals surface area contributed by atoms with Crippen molar-refractivity contribution in [3.63, 3.8) is 0 Å². The first-order valence-corrected chi connectivity index (χ1v) is 5.25. The van der Waals surface area contributed by atoms with Gasteiger partial charge in [0.05, 0.1) is 11.9 Å². The van der Waals surface area contributed by atoms with E-state index in [9.17, 15) is 15.3 Å². The number of phenols is 3. The number of hydrazone groups is 1. The average Bonchev–Trinajstić information content (AvgIpc) is 2.30. The Balaban J connectivity index is 2.10. The van der Waals surface area contributed by atoms with Gasteiger partial charge < -0.3 is 15.3 Å². The number of nitrogens with one attached hydrogen (secondary N) is 1. The molecule has 0 fully saturated rings. The third kappa shape index (κ3) is 2.91. The molecule has 0 spiro atoms. The Hall–Kier alpha value is -2.69. The average molecular weight is 244 g/mol. The lowest BCUT2D eigenvalue weighted by Crippen LogP contribution is -1.90. The minimum atomic E-state index is -0.0599. The highest BCUT2D eigenvalue weighted by Gasteiger charge is 1.98. The van der Waals surface area contributed by atoms with Crippen molar-refractivity contribution in [1.29, 1.82) is 0 Å². The number of benzene rings is 2. The van der Waals surface area contributed by atoms with Gasteiger partial charge in [-0.05, 0) is 12.1 Å². The summed E-state index contributed by atoms with van der Waals surface area (Å²) in [5, 5.41) is 31.9. The van der Waals surface area contributed by atoms with E-state index in [0.717, 1.165) is 0 Å². The maximum Gasteiger partial charge on any atom is 0.124 e. The molecule has 5 nitrogen and oxygen atoms in total. The van der Waals surface area contributed by atoms with Crippen LogP contribution >= 0.6 is 0 Å². The maximum absolute atomic E-state index is 9.50. The lowest BCUT2D eigenvalue weighted by Gasteiger charge is -2.02. The zero-order chi connectivity index (χ0) is 13.0. The van der Waals surface area contributed by atoms with Crippen LogP contribution in [0.4, 0.5) is 5.69 Å². The van der Waals surface area contributed by atoms with Crippen LogP contribution in [0, 0.1) is 0 Å². The number of hydrogen-bond acceptors (Lipinski definition) is 5. The van der Waals surface area contributed by atoms with E-state index < -0.39 is 0 Å². The van der Waals surface area contributed by atoms with E-state index >= 15 is 0 Å². The molecule has 0 heterocycles. The number of nitrogens with zero attached hydrogens (tertiary/aromatic N) is 1. The van der Waals surface area contributed by atoms with Crippen molar-refractivity contribution in [1.82, 2.24) is 0 Å². The first-order chi connectivity index (χ1) is 8.65. The van der Waals surface area contributed by atoms with E-state index in [4.69, 9.17) is 0 Å². The molecule has 2 rings (SSSR count). The molecule has 0 radical (unpaired) electrons. The van der Waals surface area contributed by atoms with Crippen LogP contribution in [-0.2, 0) is 0 Å². The topological polar surface area (TPSA) is 85.1 Å². The second-order valence-electron chi connectivity index (χ2n) is 3.67. The molecule has 92 valence electrons. The van der Waals surface area contributed by atoms with Crippen LogP contribution in [0.2, 0.25) is 0 Å². The molecule has 0 amide bonds. The van der Waals surface area contributed by atoms with Gasteiger partial charge in [0.2, 0.25) is 0 Å². The standard InChI is InChI=1S/C13H12N2O3/c16-11-5-10(6-12(17)7-11)15-14-8-9-3-1-2-4-13(9)18/h1-8,15-18H/b14-8+. The highest BCUT2D eigenvalue weighted by molar-refractivity contribution is 5.83. The number of anilines is 1. The fraction of sp³-hybridized carbons (Fsp3) is 0. The molecule has 2 aromatic rings. The second-order valence-corrected chi connectivity index (χ2v) is 3.67. The molecule has 0 saturated carbocycles. The third-order valence-corrected chi connectivity index (χ3v) is 2.24. The zero-order valence-corrected chi connectivity index (χ0v) is 9.41. The van der Waals surface area contributed by atoms with Crippen molar-refractivity contribution < 1.29 is 15.3 Å². The lowest BCUT2D eigenvalue weighted by atomic mass is 10.2. The van der Waals surface area contributed by atoms with Crippen molar-refractivity contribution in [3.8, 4) is 17.2 Å². The Kier molecular flexibility index (Phi) is 3.33. The number of phenolic OH excluding ortho intramolecular Hbond substituents is 3. The van der Waals surface area contributed by atoms with Crippen LogP contribution in [0.1, 0.15) is 5.56 Å². The second kappa shape index (κ2) is 5.09. The normalized spacial score (nSPS) is 10.7. The first-order valence-electron chi connectivity index (χ1n) is 5.25. The van der Waals surface area contributed by atoms with E-state index in [-0.39, 0.29) is 17.2 Å². The predicted octanol–water partition coefficient (Wildman–Crippen LogP) is 2.25. The Morgan fingerprint density at radius 2 is 1.61 bits per heavy atom. The Bertz CT molecular complexity index is 562. The van der Waals surface area contributed by atoms with E-state index in [0.29, 0.717) is 11.3 Å². The van der Waals surface area contributed by atoms with Gasteiger partial charge in [0, 0.05) is 23.8 Å². The van der Waals surface area contributed by atoms with Crippen LogP contribution < -0.4 is 5.43 Å². The van der Waals surface area contributed by atoms with Crippen molar-refractivity contribution in [2.45, 2.75) is 0 Å². The molecule has 0 saturated heterocycles. The molecule has 0 unspecified atom stereocenters. The summed E-state index contributed by atoms with van der Waals surface area (Å²) in [5.41, 5.74) is 3.65. The predicted molar refractivity (Wildman–Crippen MR) is 69.1 cm³/mol. The minimum Gasteiger partial charge on any atom is -0.508 e. The smallest absolute Gasteiger partial charge is 0.124 e. The number of rotatable bonds is 3. The molecule has 0 aliphatic heterocycles. The summed E-state index contributed by atoms with van der Waals surface area (Å²) in [4.78, 5) is 0. The van der Waals surface area contributed by atoms with Crippen LogP contribution in [0.3, 0.4) is 0 Å². The summed E-state index contributed by atoms with van der Waals surface area (Å²) in [6.07, 6.45) is 1.44. The molecule has 0 aliphatic rings. The molecule has 18 heavy (non-hydrogen) atoms. The molecule has 0 aliphatic carbocycles. The van der Waals surface area contributed by atoms with E-state index in [1.54, 1.807) is 24.3 Å². The van der Waals surface area contributed by atoms with Gasteiger partial charge in [-0.2, -0.15) is 5.10 Å². The number of aromatic hydroxyl groups is 3. The van der Waals surface area contributed by atoms with Gasteiger partial charge in [0.15, 0.2) is 0 Å².